The topological polar surface area (TPSA) is 121 Å². The first-order chi connectivity index (χ1) is 12.9. The Morgan fingerprint density at radius 2 is 2.07 bits per heavy atom. The zero-order valence-corrected chi connectivity index (χ0v) is 15.4. The molecule has 0 spiro atoms. The van der Waals surface area contributed by atoms with Crippen LogP contribution in [0.2, 0.25) is 0 Å². The molecule has 0 aliphatic carbocycles. The molecule has 0 fully saturated rings. The SMILES string of the molecule is COCCOC(=O)C1=C(C)NC(=S)NC1c1cc2c(cc1[N+](=O)[O-])OCO2. The lowest BCUT2D eigenvalue weighted by Crippen LogP contribution is -2.45. The number of nitrogens with zero attached hydrogens (tertiary/aromatic N) is 1. The maximum atomic E-state index is 12.6. The van der Waals surface area contributed by atoms with Crippen LogP contribution in [0.3, 0.4) is 0 Å². The number of nitrogens with one attached hydrogen (secondary N) is 2. The molecule has 0 saturated heterocycles. The lowest BCUT2D eigenvalue weighted by Gasteiger charge is -2.29. The van der Waals surface area contributed by atoms with Crippen molar-refractivity contribution < 1.29 is 28.7 Å². The Morgan fingerprint density at radius 1 is 1.37 bits per heavy atom. The Morgan fingerprint density at radius 3 is 2.74 bits per heavy atom. The molecule has 0 radical (unpaired) electrons. The average molecular weight is 395 g/mol. The van der Waals surface area contributed by atoms with Gasteiger partial charge in [-0.15, -0.1) is 0 Å². The van der Waals surface area contributed by atoms with Crippen LogP contribution in [0, 0.1) is 10.1 Å². The van der Waals surface area contributed by atoms with Gasteiger partial charge in [0.25, 0.3) is 5.69 Å². The van der Waals surface area contributed by atoms with E-state index in [9.17, 15) is 14.9 Å². The van der Waals surface area contributed by atoms with Crippen LogP contribution in [0.15, 0.2) is 23.4 Å². The Hall–Kier alpha value is -2.92. The number of benzene rings is 1. The maximum Gasteiger partial charge on any atom is 0.338 e. The van der Waals surface area contributed by atoms with Gasteiger partial charge in [-0.2, -0.15) is 0 Å². The van der Waals surface area contributed by atoms with Gasteiger partial charge in [-0.1, -0.05) is 0 Å². The number of carbonyl (C=O) groups is 1. The predicted octanol–water partition coefficient (Wildman–Crippen LogP) is 1.31. The Bertz CT molecular complexity index is 840. The summed E-state index contributed by atoms with van der Waals surface area (Å²) in [5, 5.41) is 17.6. The van der Waals surface area contributed by atoms with Gasteiger partial charge < -0.3 is 29.6 Å². The van der Waals surface area contributed by atoms with E-state index in [1.165, 1.54) is 19.2 Å². The van der Waals surface area contributed by atoms with Crippen molar-refractivity contribution in [2.24, 2.45) is 0 Å². The molecule has 0 amide bonds. The lowest BCUT2D eigenvalue weighted by molar-refractivity contribution is -0.385. The molecule has 11 heteroatoms. The minimum atomic E-state index is -0.885. The summed E-state index contributed by atoms with van der Waals surface area (Å²) in [5.74, 6) is -0.0116. The molecule has 2 aliphatic heterocycles. The van der Waals surface area contributed by atoms with Crippen molar-refractivity contribution in [2.75, 3.05) is 27.1 Å². The van der Waals surface area contributed by atoms with E-state index in [4.69, 9.17) is 31.2 Å². The molecule has 27 heavy (non-hydrogen) atoms. The van der Waals surface area contributed by atoms with Gasteiger partial charge in [0.15, 0.2) is 16.6 Å². The van der Waals surface area contributed by atoms with E-state index >= 15 is 0 Å². The van der Waals surface area contributed by atoms with Gasteiger partial charge in [0.2, 0.25) is 6.79 Å². The number of nitro groups is 1. The summed E-state index contributed by atoms with van der Waals surface area (Å²) in [6.45, 7) is 1.89. The Labute approximate surface area is 159 Å². The molecule has 144 valence electrons. The highest BCUT2D eigenvalue weighted by Crippen LogP contribution is 2.42. The molecular formula is C16H17N3O7S. The molecule has 1 atom stereocenters. The van der Waals surface area contributed by atoms with Crippen LogP contribution in [0.1, 0.15) is 18.5 Å². The van der Waals surface area contributed by atoms with Crippen LogP contribution in [-0.2, 0) is 14.3 Å². The first-order valence-corrected chi connectivity index (χ1v) is 8.35. The van der Waals surface area contributed by atoms with Crippen molar-refractivity contribution in [2.45, 2.75) is 13.0 Å². The normalized spacial score (nSPS) is 18.0. The molecular weight excluding hydrogens is 378 g/mol. The summed E-state index contributed by atoms with van der Waals surface area (Å²) in [6, 6.07) is 1.86. The fraction of sp³-hybridized carbons (Fsp3) is 0.375. The number of fused-ring (bicyclic) bond motifs is 1. The second-order valence-electron chi connectivity index (χ2n) is 5.72. The molecule has 0 aromatic heterocycles. The monoisotopic (exact) mass is 395 g/mol. The molecule has 3 rings (SSSR count). The van der Waals surface area contributed by atoms with E-state index in [-0.39, 0.29) is 47.7 Å². The van der Waals surface area contributed by atoms with Crippen LogP contribution < -0.4 is 20.1 Å². The number of hydrogen-bond donors (Lipinski definition) is 2. The summed E-state index contributed by atoms with van der Waals surface area (Å²) in [4.78, 5) is 23.7. The minimum Gasteiger partial charge on any atom is -0.460 e. The van der Waals surface area contributed by atoms with Crippen LogP contribution >= 0.6 is 12.2 Å². The second kappa shape index (κ2) is 7.76. The van der Waals surface area contributed by atoms with Gasteiger partial charge in [-0.25, -0.2) is 4.79 Å². The number of methoxy groups -OCH3 is 1. The zero-order chi connectivity index (χ0) is 19.6. The van der Waals surface area contributed by atoms with Crippen molar-refractivity contribution in [3.63, 3.8) is 0 Å². The lowest BCUT2D eigenvalue weighted by atomic mass is 9.94. The zero-order valence-electron chi connectivity index (χ0n) is 14.6. The highest BCUT2D eigenvalue weighted by atomic mass is 32.1. The number of carbonyl (C=O) groups excluding carboxylic acids is 1. The fourth-order valence-corrected chi connectivity index (χ4v) is 3.10. The van der Waals surface area contributed by atoms with Crippen LogP contribution in [0.25, 0.3) is 0 Å². The van der Waals surface area contributed by atoms with Crippen molar-refractivity contribution in [1.29, 1.82) is 0 Å². The summed E-state index contributed by atoms with van der Waals surface area (Å²) in [5.41, 5.74) is 0.613. The summed E-state index contributed by atoms with van der Waals surface area (Å²) < 4.78 is 20.6. The van der Waals surface area contributed by atoms with Gasteiger partial charge in [0, 0.05) is 12.8 Å². The van der Waals surface area contributed by atoms with Crippen LogP contribution in [0.4, 0.5) is 5.69 Å². The highest BCUT2D eigenvalue weighted by Gasteiger charge is 2.36. The van der Waals surface area contributed by atoms with E-state index in [1.54, 1.807) is 6.92 Å². The number of thiocarbonyl (C=S) groups is 1. The molecule has 1 unspecified atom stereocenters. The number of ether oxygens (including phenoxy) is 4. The molecule has 1 aromatic carbocycles. The molecule has 2 heterocycles. The summed E-state index contributed by atoms with van der Waals surface area (Å²) in [6.07, 6.45) is 0. The third-order valence-corrected chi connectivity index (χ3v) is 4.26. The van der Waals surface area contributed by atoms with Crippen LogP contribution in [-0.4, -0.2) is 43.1 Å². The molecule has 0 saturated carbocycles. The van der Waals surface area contributed by atoms with E-state index in [0.717, 1.165) is 0 Å². The van der Waals surface area contributed by atoms with E-state index in [0.29, 0.717) is 11.4 Å². The standard InChI is InChI=1S/C16H17N3O7S/c1-8-13(15(20)24-4-3-23-2)14(18-16(27)17-8)9-5-11-12(26-7-25-11)6-10(9)19(21)22/h5-6,14H,3-4,7H2,1-2H3,(H2,17,18,27). The third kappa shape index (κ3) is 3.78. The van der Waals surface area contributed by atoms with Crippen molar-refractivity contribution in [3.8, 4) is 11.5 Å². The minimum absolute atomic E-state index is 0.0329. The van der Waals surface area contributed by atoms with Crippen molar-refractivity contribution in [1.82, 2.24) is 10.6 Å². The number of nitro benzene ring substituents is 1. The quantitative estimate of drug-likeness (QED) is 0.240. The van der Waals surface area contributed by atoms with Gasteiger partial charge in [0.05, 0.1) is 34.8 Å². The van der Waals surface area contributed by atoms with E-state index in [1.807, 2.05) is 0 Å². The summed E-state index contributed by atoms with van der Waals surface area (Å²) >= 11 is 5.16. The van der Waals surface area contributed by atoms with Crippen molar-refractivity contribution >= 4 is 29.0 Å². The average Bonchev–Trinajstić information content (AvgIpc) is 3.07. The smallest absolute Gasteiger partial charge is 0.338 e. The number of esters is 1. The molecule has 1 aromatic rings. The fourth-order valence-electron chi connectivity index (χ4n) is 2.83. The molecule has 2 N–H and O–H groups in total. The summed E-state index contributed by atoms with van der Waals surface area (Å²) in [7, 11) is 1.49. The maximum absolute atomic E-state index is 12.6. The third-order valence-electron chi connectivity index (χ3n) is 4.04. The highest BCUT2D eigenvalue weighted by molar-refractivity contribution is 7.80. The predicted molar refractivity (Wildman–Crippen MR) is 96.4 cm³/mol. The molecule has 10 nitrogen and oxygen atoms in total. The number of hydrogen-bond acceptors (Lipinski definition) is 8. The first kappa shape index (κ1) is 18.9. The molecule has 0 bridgehead atoms. The first-order valence-electron chi connectivity index (χ1n) is 7.94. The number of allylic oxidation sites excluding steroid dienone is 1. The van der Waals surface area contributed by atoms with Crippen LogP contribution in [0.5, 0.6) is 11.5 Å². The van der Waals surface area contributed by atoms with Gasteiger partial charge in [-0.05, 0) is 25.2 Å². The Balaban J connectivity index is 2.05. The van der Waals surface area contributed by atoms with Gasteiger partial charge in [-0.3, -0.25) is 10.1 Å². The van der Waals surface area contributed by atoms with E-state index < -0.39 is 16.9 Å². The largest absolute Gasteiger partial charge is 0.460 e. The van der Waals surface area contributed by atoms with E-state index in [2.05, 4.69) is 10.6 Å². The van der Waals surface area contributed by atoms with Gasteiger partial charge in [0.1, 0.15) is 6.61 Å². The van der Waals surface area contributed by atoms with Gasteiger partial charge >= 0.3 is 5.97 Å². The second-order valence-corrected chi connectivity index (χ2v) is 6.13. The number of rotatable bonds is 6. The van der Waals surface area contributed by atoms with Crippen molar-refractivity contribution in [3.05, 3.63) is 39.1 Å². The molecule has 2 aliphatic rings. The Kier molecular flexibility index (Phi) is 5.42.